The Morgan fingerprint density at radius 3 is 2.93 bits per heavy atom. The van der Waals surface area contributed by atoms with Crippen LogP contribution in [0.2, 0.25) is 0 Å². The molecule has 0 aliphatic rings. The maximum Gasteiger partial charge on any atom is 0.0853 e. The maximum atomic E-state index is 4.39. The summed E-state index contributed by atoms with van der Waals surface area (Å²) < 4.78 is 1.88. The fourth-order valence-corrected chi connectivity index (χ4v) is 2.03. The van der Waals surface area contributed by atoms with Crippen molar-refractivity contribution < 1.29 is 0 Å². The Bertz CT molecular complexity index is 283. The van der Waals surface area contributed by atoms with Crippen molar-refractivity contribution in [2.24, 2.45) is 7.05 Å². The number of unbranched alkanes of at least 4 members (excludes halogenated alkanes) is 1. The number of nitrogens with one attached hydrogen (secondary N) is 1. The predicted octanol–water partition coefficient (Wildman–Crippen LogP) is 2.54. The van der Waals surface area contributed by atoms with Gasteiger partial charge in [0, 0.05) is 19.8 Å². The SMILES string of the molecule is CCc1nn(C)cc1NCCCCSC. The van der Waals surface area contributed by atoms with Gasteiger partial charge >= 0.3 is 0 Å². The molecule has 0 saturated heterocycles. The molecule has 1 heterocycles. The Hall–Kier alpha value is -0.640. The summed E-state index contributed by atoms with van der Waals surface area (Å²) in [5, 5.41) is 7.85. The normalized spacial score (nSPS) is 10.6. The summed E-state index contributed by atoms with van der Waals surface area (Å²) in [4.78, 5) is 0. The summed E-state index contributed by atoms with van der Waals surface area (Å²) in [6.45, 7) is 3.19. The van der Waals surface area contributed by atoms with E-state index in [0.29, 0.717) is 0 Å². The van der Waals surface area contributed by atoms with Crippen molar-refractivity contribution in [3.63, 3.8) is 0 Å². The lowest BCUT2D eigenvalue weighted by Gasteiger charge is -2.04. The highest BCUT2D eigenvalue weighted by molar-refractivity contribution is 7.98. The number of anilines is 1. The van der Waals surface area contributed by atoms with Crippen LogP contribution in [0, 0.1) is 0 Å². The van der Waals surface area contributed by atoms with Gasteiger partial charge in [-0.3, -0.25) is 4.68 Å². The molecular formula is C11H21N3S. The Morgan fingerprint density at radius 2 is 2.27 bits per heavy atom. The first-order chi connectivity index (χ1) is 7.27. The number of nitrogens with zero attached hydrogens (tertiary/aromatic N) is 2. The molecule has 0 atom stereocenters. The van der Waals surface area contributed by atoms with E-state index in [0.717, 1.165) is 13.0 Å². The molecule has 0 aliphatic heterocycles. The largest absolute Gasteiger partial charge is 0.382 e. The summed E-state index contributed by atoms with van der Waals surface area (Å²) in [5.74, 6) is 1.26. The van der Waals surface area contributed by atoms with Crippen LogP contribution in [-0.2, 0) is 13.5 Å². The second-order valence-corrected chi connectivity index (χ2v) is 4.63. The second-order valence-electron chi connectivity index (χ2n) is 3.64. The van der Waals surface area contributed by atoms with Gasteiger partial charge in [0.05, 0.1) is 11.4 Å². The van der Waals surface area contributed by atoms with E-state index in [1.807, 2.05) is 23.5 Å². The zero-order valence-electron chi connectivity index (χ0n) is 9.92. The molecule has 0 aliphatic carbocycles. The fourth-order valence-electron chi connectivity index (χ4n) is 1.54. The van der Waals surface area contributed by atoms with Crippen molar-refractivity contribution in [3.05, 3.63) is 11.9 Å². The van der Waals surface area contributed by atoms with Crippen molar-refractivity contribution in [1.82, 2.24) is 9.78 Å². The topological polar surface area (TPSA) is 29.9 Å². The van der Waals surface area contributed by atoms with Gasteiger partial charge in [-0.1, -0.05) is 6.92 Å². The number of hydrogen-bond donors (Lipinski definition) is 1. The van der Waals surface area contributed by atoms with Crippen LogP contribution < -0.4 is 5.32 Å². The number of thioether (sulfide) groups is 1. The van der Waals surface area contributed by atoms with Gasteiger partial charge in [0.2, 0.25) is 0 Å². The summed E-state index contributed by atoms with van der Waals surface area (Å²) in [7, 11) is 1.97. The van der Waals surface area contributed by atoms with E-state index in [9.17, 15) is 0 Å². The van der Waals surface area contributed by atoms with Crippen LogP contribution in [0.4, 0.5) is 5.69 Å². The van der Waals surface area contributed by atoms with E-state index in [4.69, 9.17) is 0 Å². The standard InChI is InChI=1S/C11H21N3S/c1-4-10-11(9-14(2)13-10)12-7-5-6-8-15-3/h9,12H,4-8H2,1-3H3. The zero-order chi connectivity index (χ0) is 11.1. The monoisotopic (exact) mass is 227 g/mol. The van der Waals surface area contributed by atoms with E-state index in [-0.39, 0.29) is 0 Å². The van der Waals surface area contributed by atoms with E-state index in [2.05, 4.69) is 29.8 Å². The lowest BCUT2D eigenvalue weighted by atomic mass is 10.3. The lowest BCUT2D eigenvalue weighted by molar-refractivity contribution is 0.746. The molecule has 0 fully saturated rings. The first kappa shape index (κ1) is 12.4. The van der Waals surface area contributed by atoms with Crippen LogP contribution in [0.15, 0.2) is 6.20 Å². The molecule has 1 aromatic rings. The average Bonchev–Trinajstić information content (AvgIpc) is 2.59. The molecule has 0 bridgehead atoms. The summed E-state index contributed by atoms with van der Waals surface area (Å²) in [6, 6.07) is 0. The van der Waals surface area contributed by atoms with Crippen molar-refractivity contribution in [2.75, 3.05) is 23.9 Å². The minimum atomic E-state index is 0.994. The zero-order valence-corrected chi connectivity index (χ0v) is 10.7. The van der Waals surface area contributed by atoms with Crippen LogP contribution >= 0.6 is 11.8 Å². The van der Waals surface area contributed by atoms with E-state index in [1.165, 1.54) is 30.0 Å². The number of aromatic nitrogens is 2. The van der Waals surface area contributed by atoms with Crippen LogP contribution in [0.25, 0.3) is 0 Å². The van der Waals surface area contributed by atoms with Gasteiger partial charge in [-0.05, 0) is 31.3 Å². The van der Waals surface area contributed by atoms with Gasteiger partial charge in [-0.2, -0.15) is 16.9 Å². The number of aryl methyl sites for hydroxylation is 2. The highest BCUT2D eigenvalue weighted by Crippen LogP contribution is 2.13. The third kappa shape index (κ3) is 4.16. The molecular weight excluding hydrogens is 206 g/mol. The Kier molecular flexibility index (Phi) is 5.61. The van der Waals surface area contributed by atoms with E-state index >= 15 is 0 Å². The number of hydrogen-bond acceptors (Lipinski definition) is 3. The highest BCUT2D eigenvalue weighted by Gasteiger charge is 2.03. The molecule has 0 radical (unpaired) electrons. The molecule has 86 valence electrons. The van der Waals surface area contributed by atoms with Crippen LogP contribution in [0.5, 0.6) is 0 Å². The highest BCUT2D eigenvalue weighted by atomic mass is 32.2. The molecule has 4 heteroatoms. The van der Waals surface area contributed by atoms with Gasteiger partial charge in [0.1, 0.15) is 0 Å². The molecule has 15 heavy (non-hydrogen) atoms. The van der Waals surface area contributed by atoms with Gasteiger partial charge in [-0.15, -0.1) is 0 Å². The van der Waals surface area contributed by atoms with Crippen LogP contribution in [-0.4, -0.2) is 28.3 Å². The molecule has 1 N–H and O–H groups in total. The third-order valence-corrected chi connectivity index (χ3v) is 3.03. The van der Waals surface area contributed by atoms with Gasteiger partial charge in [0.25, 0.3) is 0 Å². The minimum Gasteiger partial charge on any atom is -0.382 e. The van der Waals surface area contributed by atoms with Crippen molar-refractivity contribution in [1.29, 1.82) is 0 Å². The first-order valence-electron chi connectivity index (χ1n) is 5.53. The van der Waals surface area contributed by atoms with Crippen molar-refractivity contribution >= 4 is 17.4 Å². The van der Waals surface area contributed by atoms with Gasteiger partial charge < -0.3 is 5.32 Å². The molecule has 0 saturated carbocycles. The molecule has 0 amide bonds. The maximum absolute atomic E-state index is 4.39. The molecule has 0 aromatic carbocycles. The Balaban J connectivity index is 2.30. The summed E-state index contributed by atoms with van der Waals surface area (Å²) >= 11 is 1.92. The first-order valence-corrected chi connectivity index (χ1v) is 6.92. The van der Waals surface area contributed by atoms with Crippen LogP contribution in [0.3, 0.4) is 0 Å². The van der Waals surface area contributed by atoms with Gasteiger partial charge in [-0.25, -0.2) is 0 Å². The molecule has 1 aromatic heterocycles. The van der Waals surface area contributed by atoms with Gasteiger partial charge in [0.15, 0.2) is 0 Å². The lowest BCUT2D eigenvalue weighted by Crippen LogP contribution is -2.03. The van der Waals surface area contributed by atoms with Crippen molar-refractivity contribution in [2.45, 2.75) is 26.2 Å². The molecule has 0 unspecified atom stereocenters. The van der Waals surface area contributed by atoms with E-state index < -0.39 is 0 Å². The second kappa shape index (κ2) is 6.77. The number of rotatable bonds is 7. The van der Waals surface area contributed by atoms with E-state index in [1.54, 1.807) is 0 Å². The molecule has 1 rings (SSSR count). The minimum absolute atomic E-state index is 0.994. The van der Waals surface area contributed by atoms with Crippen molar-refractivity contribution in [3.8, 4) is 0 Å². The Morgan fingerprint density at radius 1 is 1.47 bits per heavy atom. The quantitative estimate of drug-likeness (QED) is 0.726. The van der Waals surface area contributed by atoms with Crippen LogP contribution in [0.1, 0.15) is 25.5 Å². The smallest absolute Gasteiger partial charge is 0.0853 e. The summed E-state index contributed by atoms with van der Waals surface area (Å²) in [6.07, 6.45) is 7.74. The molecule has 3 nitrogen and oxygen atoms in total. The predicted molar refractivity (Wildman–Crippen MR) is 68.7 cm³/mol. The Labute approximate surface area is 96.6 Å². The molecule has 0 spiro atoms. The summed E-state index contributed by atoms with van der Waals surface area (Å²) in [5.41, 5.74) is 2.37. The fraction of sp³-hybridized carbons (Fsp3) is 0.727. The third-order valence-electron chi connectivity index (χ3n) is 2.33. The average molecular weight is 227 g/mol.